The van der Waals surface area contributed by atoms with Gasteiger partial charge in [-0.3, -0.25) is 4.79 Å². The lowest BCUT2D eigenvalue weighted by Crippen LogP contribution is -2.55. The summed E-state index contributed by atoms with van der Waals surface area (Å²) in [6.45, 7) is 7.93. The summed E-state index contributed by atoms with van der Waals surface area (Å²) in [6.07, 6.45) is 18.0. The molecule has 1 amide bonds. The van der Waals surface area contributed by atoms with E-state index >= 15 is 0 Å². The Labute approximate surface area is 184 Å². The minimum Gasteiger partial charge on any atom is -0.349 e. The van der Waals surface area contributed by atoms with Crippen molar-refractivity contribution < 1.29 is 9.59 Å². The normalized spacial score (nSPS) is 45.2. The molecule has 4 aliphatic rings. The van der Waals surface area contributed by atoms with Gasteiger partial charge in [0.1, 0.15) is 6.29 Å². The summed E-state index contributed by atoms with van der Waals surface area (Å²) in [4.78, 5) is 22.3. The van der Waals surface area contributed by atoms with Crippen molar-refractivity contribution in [2.24, 2.45) is 46.3 Å². The van der Waals surface area contributed by atoms with Crippen molar-refractivity contribution in [3.8, 4) is 0 Å². The first-order valence-electron chi connectivity index (χ1n) is 13.1. The molecule has 8 atom stereocenters. The molecule has 0 radical (unpaired) electrons. The predicted molar refractivity (Wildman–Crippen MR) is 122 cm³/mol. The molecule has 6 unspecified atom stereocenters. The molecule has 0 aromatic heterocycles. The number of carbonyl (C=O) groups is 2. The monoisotopic (exact) mass is 415 g/mol. The first-order valence-corrected chi connectivity index (χ1v) is 13.1. The zero-order valence-corrected chi connectivity index (χ0v) is 19.8. The fraction of sp³-hybridized carbons (Fsp3) is 0.926. The third-order valence-corrected chi connectivity index (χ3v) is 10.8. The van der Waals surface area contributed by atoms with Gasteiger partial charge < -0.3 is 10.1 Å². The average Bonchev–Trinajstić information content (AvgIpc) is 3.07. The molecule has 170 valence electrons. The number of hydrogen-bond acceptors (Lipinski definition) is 2. The van der Waals surface area contributed by atoms with Crippen molar-refractivity contribution in [3.63, 3.8) is 0 Å². The summed E-state index contributed by atoms with van der Waals surface area (Å²) in [6, 6.07) is 0. The van der Waals surface area contributed by atoms with E-state index in [2.05, 4.69) is 26.1 Å². The minimum atomic E-state index is 0.0415. The first-order chi connectivity index (χ1) is 14.4. The summed E-state index contributed by atoms with van der Waals surface area (Å²) in [5.41, 5.74) is 1.11. The highest BCUT2D eigenvalue weighted by molar-refractivity contribution is 5.78. The van der Waals surface area contributed by atoms with Crippen LogP contribution in [0.2, 0.25) is 0 Å². The molecule has 1 N–H and O–H groups in total. The quantitative estimate of drug-likeness (QED) is 0.506. The van der Waals surface area contributed by atoms with Gasteiger partial charge in [0.05, 0.1) is 6.54 Å². The van der Waals surface area contributed by atoms with Crippen LogP contribution in [0.15, 0.2) is 0 Å². The van der Waals surface area contributed by atoms with Crippen molar-refractivity contribution in [2.75, 3.05) is 6.54 Å². The number of nitrogens with one attached hydrogen (secondary N) is 1. The maximum Gasteiger partial charge on any atom is 0.220 e. The van der Waals surface area contributed by atoms with Gasteiger partial charge in [-0.2, -0.15) is 0 Å². The Hall–Kier alpha value is -0.860. The molecule has 4 fully saturated rings. The van der Waals surface area contributed by atoms with Gasteiger partial charge in [-0.15, -0.1) is 0 Å². The average molecular weight is 416 g/mol. The Morgan fingerprint density at radius 2 is 1.80 bits per heavy atom. The Morgan fingerprint density at radius 1 is 1.00 bits per heavy atom. The van der Waals surface area contributed by atoms with Crippen molar-refractivity contribution in [1.82, 2.24) is 5.32 Å². The Bertz CT molecular complexity index is 632. The Morgan fingerprint density at radius 3 is 2.57 bits per heavy atom. The second kappa shape index (κ2) is 8.94. The second-order valence-corrected chi connectivity index (χ2v) is 11.8. The largest absolute Gasteiger partial charge is 0.349 e. The number of rotatable bonds is 7. The van der Waals surface area contributed by atoms with Gasteiger partial charge in [0.15, 0.2) is 0 Å². The molecule has 3 nitrogen and oxygen atoms in total. The number of carbonyl (C=O) groups excluding carboxylic acids is 2. The van der Waals surface area contributed by atoms with E-state index in [9.17, 15) is 9.59 Å². The van der Waals surface area contributed by atoms with Crippen LogP contribution in [0, 0.1) is 46.3 Å². The maximum absolute atomic E-state index is 11.9. The molecule has 0 aromatic carbocycles. The van der Waals surface area contributed by atoms with E-state index < -0.39 is 0 Å². The van der Waals surface area contributed by atoms with Crippen LogP contribution in [-0.4, -0.2) is 18.7 Å². The van der Waals surface area contributed by atoms with Crippen LogP contribution >= 0.6 is 0 Å². The number of amides is 1. The highest BCUT2D eigenvalue weighted by Gasteiger charge is 2.60. The van der Waals surface area contributed by atoms with Crippen LogP contribution in [0.3, 0.4) is 0 Å². The van der Waals surface area contributed by atoms with Gasteiger partial charge in [-0.1, -0.05) is 40.0 Å². The molecule has 0 spiro atoms. The molecule has 0 saturated heterocycles. The van der Waals surface area contributed by atoms with Crippen molar-refractivity contribution in [3.05, 3.63) is 0 Å². The molecule has 4 aliphatic carbocycles. The van der Waals surface area contributed by atoms with Gasteiger partial charge in [-0.25, -0.2) is 0 Å². The summed E-state index contributed by atoms with van der Waals surface area (Å²) in [5, 5.41) is 2.70. The molecule has 3 heteroatoms. The molecule has 0 bridgehead atoms. The lowest BCUT2D eigenvalue weighted by Gasteiger charge is -2.62. The lowest BCUT2D eigenvalue weighted by molar-refractivity contribution is -0.136. The fourth-order valence-corrected chi connectivity index (χ4v) is 9.36. The van der Waals surface area contributed by atoms with Crippen LogP contribution < -0.4 is 5.32 Å². The SMILES string of the molecule is CC[C@H]1CC2C3CCC(CCCC(=O)NCC=O)C3(C)CC[C@@H]2C2(C)CCCCC12. The van der Waals surface area contributed by atoms with E-state index in [4.69, 9.17) is 0 Å². The molecule has 0 aromatic rings. The molecule has 4 saturated carbocycles. The lowest BCUT2D eigenvalue weighted by atomic mass is 9.42. The smallest absolute Gasteiger partial charge is 0.220 e. The van der Waals surface area contributed by atoms with E-state index in [1.54, 1.807) is 0 Å². The van der Waals surface area contributed by atoms with Crippen LogP contribution in [0.25, 0.3) is 0 Å². The second-order valence-electron chi connectivity index (χ2n) is 11.8. The molecular formula is C27H45NO2. The number of aldehydes is 1. The predicted octanol–water partition coefficient (Wildman–Crippen LogP) is 6.16. The molecule has 4 rings (SSSR count). The van der Waals surface area contributed by atoms with E-state index in [1.807, 2.05) is 0 Å². The molecular weight excluding hydrogens is 370 g/mol. The third-order valence-electron chi connectivity index (χ3n) is 10.8. The first kappa shape index (κ1) is 22.3. The topological polar surface area (TPSA) is 46.2 Å². The molecule has 30 heavy (non-hydrogen) atoms. The molecule has 0 aliphatic heterocycles. The van der Waals surface area contributed by atoms with Crippen LogP contribution in [0.5, 0.6) is 0 Å². The van der Waals surface area contributed by atoms with Gasteiger partial charge in [0.2, 0.25) is 5.91 Å². The zero-order valence-electron chi connectivity index (χ0n) is 19.8. The molecule has 0 heterocycles. The van der Waals surface area contributed by atoms with Crippen molar-refractivity contribution >= 4 is 12.2 Å². The highest BCUT2D eigenvalue weighted by atomic mass is 16.2. The maximum atomic E-state index is 11.9. The summed E-state index contributed by atoms with van der Waals surface area (Å²) < 4.78 is 0. The summed E-state index contributed by atoms with van der Waals surface area (Å²) >= 11 is 0. The summed E-state index contributed by atoms with van der Waals surface area (Å²) in [5.74, 6) is 5.62. The third kappa shape index (κ3) is 3.77. The van der Waals surface area contributed by atoms with Gasteiger partial charge in [-0.05, 0) is 104 Å². The van der Waals surface area contributed by atoms with Crippen LogP contribution in [-0.2, 0) is 9.59 Å². The van der Waals surface area contributed by atoms with E-state index in [-0.39, 0.29) is 12.5 Å². The van der Waals surface area contributed by atoms with Crippen LogP contribution in [0.4, 0.5) is 0 Å². The van der Waals surface area contributed by atoms with Gasteiger partial charge in [0, 0.05) is 6.42 Å². The highest BCUT2D eigenvalue weighted by Crippen LogP contribution is 2.69. The van der Waals surface area contributed by atoms with E-state index in [0.29, 0.717) is 17.3 Å². The Kier molecular flexibility index (Phi) is 6.66. The van der Waals surface area contributed by atoms with Gasteiger partial charge in [0.25, 0.3) is 0 Å². The standard InChI is InChI=1S/C27H45NO2/c1-4-19-18-21-23-12-11-20(8-7-10-25(30)28-16-17-29)26(23,2)15-13-24(21)27(3)14-6-5-9-22(19)27/h17,19-24H,4-16,18H2,1-3H3,(H,28,30)/t19-,20?,21?,22?,23?,24-,26?,27?/m0/s1. The fourth-order valence-electron chi connectivity index (χ4n) is 9.36. The minimum absolute atomic E-state index is 0.0415. The van der Waals surface area contributed by atoms with Gasteiger partial charge >= 0.3 is 0 Å². The van der Waals surface area contributed by atoms with E-state index in [1.165, 1.54) is 70.6 Å². The Balaban J connectivity index is 1.43. The number of fused-ring (bicyclic) bond motifs is 5. The van der Waals surface area contributed by atoms with Crippen LogP contribution in [0.1, 0.15) is 104 Å². The summed E-state index contributed by atoms with van der Waals surface area (Å²) in [7, 11) is 0. The number of hydrogen-bond donors (Lipinski definition) is 1. The zero-order chi connectivity index (χ0) is 21.4. The van der Waals surface area contributed by atoms with Crippen molar-refractivity contribution in [2.45, 2.75) is 104 Å². The van der Waals surface area contributed by atoms with Crippen molar-refractivity contribution in [1.29, 1.82) is 0 Å². The van der Waals surface area contributed by atoms with E-state index in [0.717, 1.165) is 48.2 Å².